The molecule has 0 atom stereocenters. The van der Waals surface area contributed by atoms with Gasteiger partial charge in [0.2, 0.25) is 0 Å². The van der Waals surface area contributed by atoms with Crippen molar-refractivity contribution >= 4 is 10.1 Å². The maximum Gasteiger partial charge on any atom is 0.264 e. The molecular weight excluding hydrogens is 212 g/mol. The highest BCUT2D eigenvalue weighted by Gasteiger charge is 2.02. The Morgan fingerprint density at radius 2 is 1.40 bits per heavy atom. The van der Waals surface area contributed by atoms with Crippen molar-refractivity contribution in [2.45, 2.75) is 51.4 Å². The molecule has 0 aromatic carbocycles. The molecule has 15 heavy (non-hydrogen) atoms. The maximum atomic E-state index is 10.4. The first-order valence-corrected chi connectivity index (χ1v) is 7.23. The highest BCUT2D eigenvalue weighted by molar-refractivity contribution is 7.85. The van der Waals surface area contributed by atoms with Crippen LogP contribution in [0.25, 0.3) is 0 Å². The molecule has 90 valence electrons. The lowest BCUT2D eigenvalue weighted by atomic mass is 10.1. The Labute approximate surface area is 93.3 Å². The van der Waals surface area contributed by atoms with Gasteiger partial charge in [0.1, 0.15) is 0 Å². The zero-order valence-electron chi connectivity index (χ0n) is 9.32. The fourth-order valence-corrected chi connectivity index (χ4v) is 2.03. The Bertz CT molecular complexity index is 245. The van der Waals surface area contributed by atoms with Gasteiger partial charge < -0.3 is 0 Å². The molecular formula is C11H22O3S. The Morgan fingerprint density at radius 1 is 0.933 bits per heavy atom. The second-order valence-corrected chi connectivity index (χ2v) is 5.41. The summed E-state index contributed by atoms with van der Waals surface area (Å²) in [5.41, 5.74) is 0. The predicted octanol–water partition coefficient (Wildman–Crippen LogP) is 3.18. The number of rotatable bonds is 10. The molecule has 0 unspecified atom stereocenters. The van der Waals surface area contributed by atoms with Gasteiger partial charge in [0.15, 0.2) is 0 Å². The maximum absolute atomic E-state index is 10.4. The highest BCUT2D eigenvalue weighted by atomic mass is 32.2. The van der Waals surface area contributed by atoms with Gasteiger partial charge in [-0.1, -0.05) is 38.2 Å². The molecule has 0 heterocycles. The average molecular weight is 234 g/mol. The van der Waals surface area contributed by atoms with Crippen LogP contribution in [0.2, 0.25) is 0 Å². The molecule has 0 saturated carbocycles. The molecule has 0 aliphatic rings. The third kappa shape index (κ3) is 13.7. The van der Waals surface area contributed by atoms with Gasteiger partial charge in [-0.15, -0.1) is 6.58 Å². The lowest BCUT2D eigenvalue weighted by molar-refractivity contribution is 0.478. The number of unbranched alkanes of at least 4 members (excludes halogenated alkanes) is 7. The van der Waals surface area contributed by atoms with E-state index < -0.39 is 10.1 Å². The predicted molar refractivity (Wildman–Crippen MR) is 63.5 cm³/mol. The van der Waals surface area contributed by atoms with Gasteiger partial charge in [-0.25, -0.2) is 0 Å². The van der Waals surface area contributed by atoms with E-state index in [9.17, 15) is 8.42 Å². The van der Waals surface area contributed by atoms with Gasteiger partial charge in [0, 0.05) is 0 Å². The lowest BCUT2D eigenvalue weighted by Gasteiger charge is -2.00. The Morgan fingerprint density at radius 3 is 1.87 bits per heavy atom. The lowest BCUT2D eigenvalue weighted by Crippen LogP contribution is -2.03. The second-order valence-electron chi connectivity index (χ2n) is 3.84. The van der Waals surface area contributed by atoms with Crippen LogP contribution in [0.5, 0.6) is 0 Å². The minimum Gasteiger partial charge on any atom is -0.286 e. The fraction of sp³-hybridized carbons (Fsp3) is 0.818. The van der Waals surface area contributed by atoms with Crippen LogP contribution < -0.4 is 0 Å². The molecule has 0 aliphatic carbocycles. The standard InChI is InChI=1S/C11H22O3S/c1-2-3-4-5-6-7-8-9-10-11-15(12,13)14/h2H,1,3-11H2,(H,12,13,14). The zero-order chi connectivity index (χ0) is 11.6. The third-order valence-corrected chi connectivity index (χ3v) is 3.12. The van der Waals surface area contributed by atoms with Crippen LogP contribution in [-0.4, -0.2) is 18.7 Å². The Balaban J connectivity index is 3.08. The van der Waals surface area contributed by atoms with E-state index in [4.69, 9.17) is 4.55 Å². The zero-order valence-corrected chi connectivity index (χ0v) is 10.1. The molecule has 0 saturated heterocycles. The van der Waals surface area contributed by atoms with Crippen molar-refractivity contribution in [2.75, 3.05) is 5.75 Å². The van der Waals surface area contributed by atoms with E-state index in [-0.39, 0.29) is 5.75 Å². The molecule has 3 nitrogen and oxygen atoms in total. The molecule has 0 amide bonds. The summed E-state index contributed by atoms with van der Waals surface area (Å²) in [5, 5.41) is 0. The normalized spacial score (nSPS) is 11.5. The largest absolute Gasteiger partial charge is 0.286 e. The van der Waals surface area contributed by atoms with E-state index in [2.05, 4.69) is 6.58 Å². The number of hydrogen-bond donors (Lipinski definition) is 1. The number of hydrogen-bond acceptors (Lipinski definition) is 2. The topological polar surface area (TPSA) is 54.4 Å². The molecule has 0 rings (SSSR count). The SMILES string of the molecule is C=CCCCCCCCCCS(=O)(=O)O. The van der Waals surface area contributed by atoms with Crippen molar-refractivity contribution in [1.29, 1.82) is 0 Å². The molecule has 0 aromatic heterocycles. The first kappa shape index (κ1) is 14.6. The van der Waals surface area contributed by atoms with Crippen LogP contribution in [0.4, 0.5) is 0 Å². The summed E-state index contributed by atoms with van der Waals surface area (Å²) >= 11 is 0. The summed E-state index contributed by atoms with van der Waals surface area (Å²) in [6.07, 6.45) is 10.3. The van der Waals surface area contributed by atoms with Gasteiger partial charge in [0.05, 0.1) is 5.75 Å². The van der Waals surface area contributed by atoms with Crippen molar-refractivity contribution in [3.8, 4) is 0 Å². The summed E-state index contributed by atoms with van der Waals surface area (Å²) < 4.78 is 29.2. The molecule has 0 bridgehead atoms. The number of allylic oxidation sites excluding steroid dienone is 1. The molecule has 0 fully saturated rings. The van der Waals surface area contributed by atoms with Gasteiger partial charge in [-0.3, -0.25) is 4.55 Å². The Kier molecular flexibility index (Phi) is 8.71. The van der Waals surface area contributed by atoms with Crippen LogP contribution >= 0.6 is 0 Å². The highest BCUT2D eigenvalue weighted by Crippen LogP contribution is 2.09. The molecule has 0 spiro atoms. The van der Waals surface area contributed by atoms with Gasteiger partial charge in [0.25, 0.3) is 10.1 Å². The summed E-state index contributed by atoms with van der Waals surface area (Å²) in [4.78, 5) is 0. The van der Waals surface area contributed by atoms with Crippen molar-refractivity contribution in [3.05, 3.63) is 12.7 Å². The summed E-state index contributed by atoms with van der Waals surface area (Å²) in [6, 6.07) is 0. The molecule has 4 heteroatoms. The average Bonchev–Trinajstić information content (AvgIpc) is 2.14. The van der Waals surface area contributed by atoms with E-state index in [0.29, 0.717) is 6.42 Å². The van der Waals surface area contributed by atoms with Crippen molar-refractivity contribution in [2.24, 2.45) is 0 Å². The van der Waals surface area contributed by atoms with E-state index >= 15 is 0 Å². The first-order chi connectivity index (χ1) is 7.06. The molecule has 0 aliphatic heterocycles. The van der Waals surface area contributed by atoms with Crippen molar-refractivity contribution in [3.63, 3.8) is 0 Å². The molecule has 0 aromatic rings. The smallest absolute Gasteiger partial charge is 0.264 e. The quantitative estimate of drug-likeness (QED) is 0.359. The van der Waals surface area contributed by atoms with Gasteiger partial charge in [-0.2, -0.15) is 8.42 Å². The summed E-state index contributed by atoms with van der Waals surface area (Å²) in [5.74, 6) is -0.0938. The van der Waals surface area contributed by atoms with Crippen molar-refractivity contribution in [1.82, 2.24) is 0 Å². The first-order valence-electron chi connectivity index (χ1n) is 5.62. The Hall–Kier alpha value is -0.350. The van der Waals surface area contributed by atoms with E-state index in [1.165, 1.54) is 19.3 Å². The van der Waals surface area contributed by atoms with E-state index in [1.807, 2.05) is 6.08 Å². The summed E-state index contributed by atoms with van der Waals surface area (Å²) in [7, 11) is -3.74. The van der Waals surface area contributed by atoms with E-state index in [0.717, 1.165) is 25.7 Å². The van der Waals surface area contributed by atoms with Crippen LogP contribution in [-0.2, 0) is 10.1 Å². The van der Waals surface area contributed by atoms with E-state index in [1.54, 1.807) is 0 Å². The summed E-state index contributed by atoms with van der Waals surface area (Å²) in [6.45, 7) is 3.66. The minimum atomic E-state index is -3.74. The van der Waals surface area contributed by atoms with Crippen LogP contribution in [0.1, 0.15) is 51.4 Å². The second kappa shape index (κ2) is 8.92. The van der Waals surface area contributed by atoms with Gasteiger partial charge in [-0.05, 0) is 19.3 Å². The molecule has 0 radical (unpaired) electrons. The molecule has 1 N–H and O–H groups in total. The fourth-order valence-electron chi connectivity index (χ4n) is 1.46. The van der Waals surface area contributed by atoms with Crippen LogP contribution in [0.15, 0.2) is 12.7 Å². The van der Waals surface area contributed by atoms with Crippen LogP contribution in [0, 0.1) is 0 Å². The van der Waals surface area contributed by atoms with Crippen LogP contribution in [0.3, 0.4) is 0 Å². The van der Waals surface area contributed by atoms with Crippen molar-refractivity contribution < 1.29 is 13.0 Å². The third-order valence-electron chi connectivity index (χ3n) is 2.31. The monoisotopic (exact) mass is 234 g/mol. The minimum absolute atomic E-state index is 0.0938. The van der Waals surface area contributed by atoms with Gasteiger partial charge >= 0.3 is 0 Å².